The van der Waals surface area contributed by atoms with Crippen molar-refractivity contribution in [1.82, 2.24) is 0 Å². The Balaban J connectivity index is 3.56. The highest BCUT2D eigenvalue weighted by molar-refractivity contribution is 5.70. The van der Waals surface area contributed by atoms with Crippen molar-refractivity contribution in [2.24, 2.45) is 0 Å². The topological polar surface area (TPSA) is 72.8 Å². The molecule has 1 unspecified atom stereocenters. The van der Waals surface area contributed by atoms with Gasteiger partial charge in [-0.25, -0.2) is 0 Å². The summed E-state index contributed by atoms with van der Waals surface area (Å²) < 4.78 is 10.6. The summed E-state index contributed by atoms with van der Waals surface area (Å²) in [4.78, 5) is 24.4. The molecule has 0 aliphatic carbocycles. The van der Waals surface area contributed by atoms with Gasteiger partial charge in [0.1, 0.15) is 6.61 Å². The van der Waals surface area contributed by atoms with Gasteiger partial charge in [0.2, 0.25) is 0 Å². The average molecular weight is 937 g/mol. The Morgan fingerprint density at radius 1 is 0.338 bits per heavy atom. The number of carbonyl (C=O) groups excluding carboxylic acids is 2. The Hall–Kier alpha value is -4.22. The molecule has 0 aliphatic heterocycles. The molecule has 0 radical (unpaired) electrons. The molecular formula is C63H100O5. The van der Waals surface area contributed by atoms with Crippen LogP contribution in [0.2, 0.25) is 0 Å². The monoisotopic (exact) mass is 937 g/mol. The molecule has 0 amide bonds. The first-order valence-electron chi connectivity index (χ1n) is 27.4. The van der Waals surface area contributed by atoms with Crippen LogP contribution in [0.4, 0.5) is 0 Å². The van der Waals surface area contributed by atoms with Crippen LogP contribution in [0.25, 0.3) is 0 Å². The van der Waals surface area contributed by atoms with Gasteiger partial charge < -0.3 is 14.6 Å². The highest BCUT2D eigenvalue weighted by Crippen LogP contribution is 2.15. The van der Waals surface area contributed by atoms with Gasteiger partial charge in [0.25, 0.3) is 0 Å². The number of rotatable bonds is 48. The molecule has 1 atom stereocenters. The number of aliphatic hydroxyl groups is 1. The molecule has 0 aromatic carbocycles. The quantitative estimate of drug-likeness (QED) is 0.0374. The van der Waals surface area contributed by atoms with Crippen LogP contribution in [0.15, 0.2) is 146 Å². The molecule has 0 rings (SSSR count). The normalized spacial score (nSPS) is 13.4. The number of hydrogen-bond donors (Lipinski definition) is 1. The lowest BCUT2D eigenvalue weighted by molar-refractivity contribution is -0.161. The van der Waals surface area contributed by atoms with Crippen LogP contribution in [-0.4, -0.2) is 36.4 Å². The van der Waals surface area contributed by atoms with Crippen LogP contribution >= 0.6 is 0 Å². The number of unbranched alkanes of at least 4 members (excludes halogenated alkanes) is 16. The Labute approximate surface area is 418 Å². The summed E-state index contributed by atoms with van der Waals surface area (Å²) >= 11 is 0. The maximum Gasteiger partial charge on any atom is 0.306 e. The summed E-state index contributed by atoms with van der Waals surface area (Å²) in [5.74, 6) is -0.648. The van der Waals surface area contributed by atoms with Gasteiger partial charge in [0.05, 0.1) is 6.61 Å². The van der Waals surface area contributed by atoms with Gasteiger partial charge in [0, 0.05) is 12.8 Å². The number of carbonyl (C=O) groups is 2. The molecule has 0 saturated heterocycles. The van der Waals surface area contributed by atoms with Gasteiger partial charge in [-0.05, 0) is 116 Å². The second-order valence-electron chi connectivity index (χ2n) is 17.5. The summed E-state index contributed by atoms with van der Waals surface area (Å²) in [6, 6.07) is 0. The molecule has 0 fully saturated rings. The summed E-state index contributed by atoms with van der Waals surface area (Å²) in [7, 11) is 0. The lowest BCUT2D eigenvalue weighted by Gasteiger charge is -2.15. The van der Waals surface area contributed by atoms with Crippen LogP contribution in [0.3, 0.4) is 0 Å². The molecule has 0 bridgehead atoms. The second kappa shape index (κ2) is 57.1. The zero-order valence-electron chi connectivity index (χ0n) is 43.6. The molecule has 0 spiro atoms. The van der Waals surface area contributed by atoms with Crippen molar-refractivity contribution in [2.75, 3.05) is 13.2 Å². The van der Waals surface area contributed by atoms with Crippen LogP contribution in [0.1, 0.15) is 219 Å². The summed E-state index contributed by atoms with van der Waals surface area (Å²) in [6.07, 6.45) is 86.8. The third-order valence-electron chi connectivity index (χ3n) is 11.1. The first-order valence-corrected chi connectivity index (χ1v) is 27.4. The number of hydrogen-bond acceptors (Lipinski definition) is 5. The highest BCUT2D eigenvalue weighted by Gasteiger charge is 2.16. The lowest BCUT2D eigenvalue weighted by atomic mass is 10.0. The van der Waals surface area contributed by atoms with Crippen molar-refractivity contribution < 1.29 is 24.2 Å². The predicted molar refractivity (Wildman–Crippen MR) is 297 cm³/mol. The number of esters is 2. The van der Waals surface area contributed by atoms with Crippen LogP contribution in [-0.2, 0) is 19.1 Å². The first kappa shape index (κ1) is 63.8. The molecule has 5 heteroatoms. The average Bonchev–Trinajstić information content (AvgIpc) is 3.34. The fourth-order valence-electron chi connectivity index (χ4n) is 7.09. The van der Waals surface area contributed by atoms with E-state index in [1.165, 1.54) is 77.0 Å². The SMILES string of the molecule is CC/C=C\C/C=C\C/C=C\C/C=C\C/C=C\C/C=C\C/C=C\C/C=C\CCCCCCCCCCCCCCCCC(=O)OC(CO)COC(=O)CCCC/C=C\C/C=C\C/C=C\C/C=C\CC. The third kappa shape index (κ3) is 54.4. The van der Waals surface area contributed by atoms with E-state index in [4.69, 9.17) is 9.47 Å². The molecule has 0 heterocycles. The molecular weight excluding hydrogens is 837 g/mol. The van der Waals surface area contributed by atoms with E-state index >= 15 is 0 Å². The summed E-state index contributed by atoms with van der Waals surface area (Å²) in [5.41, 5.74) is 0. The van der Waals surface area contributed by atoms with Crippen LogP contribution in [0, 0.1) is 0 Å². The number of aliphatic hydroxyl groups excluding tert-OH is 1. The third-order valence-corrected chi connectivity index (χ3v) is 11.1. The number of allylic oxidation sites excluding steroid dienone is 24. The second-order valence-corrected chi connectivity index (χ2v) is 17.5. The van der Waals surface area contributed by atoms with Crippen molar-refractivity contribution in [3.63, 3.8) is 0 Å². The Morgan fingerprint density at radius 2 is 0.588 bits per heavy atom. The van der Waals surface area contributed by atoms with Crippen molar-refractivity contribution in [2.45, 2.75) is 225 Å². The summed E-state index contributed by atoms with van der Waals surface area (Å²) in [5, 5.41) is 9.62. The minimum atomic E-state index is -0.798. The van der Waals surface area contributed by atoms with Crippen molar-refractivity contribution in [1.29, 1.82) is 0 Å². The van der Waals surface area contributed by atoms with Gasteiger partial charge in [-0.3, -0.25) is 9.59 Å². The largest absolute Gasteiger partial charge is 0.462 e. The molecule has 0 aliphatic rings. The van der Waals surface area contributed by atoms with E-state index in [0.29, 0.717) is 12.8 Å². The van der Waals surface area contributed by atoms with E-state index in [1.54, 1.807) is 0 Å². The van der Waals surface area contributed by atoms with Gasteiger partial charge >= 0.3 is 11.9 Å². The lowest BCUT2D eigenvalue weighted by Crippen LogP contribution is -2.28. The molecule has 0 saturated carbocycles. The van der Waals surface area contributed by atoms with E-state index in [2.05, 4.69) is 160 Å². The molecule has 0 aromatic heterocycles. The van der Waals surface area contributed by atoms with Crippen LogP contribution in [0.5, 0.6) is 0 Å². The first-order chi connectivity index (χ1) is 33.6. The Bertz CT molecular complexity index is 1480. The number of ether oxygens (including phenoxy) is 2. The maximum absolute atomic E-state index is 12.3. The Morgan fingerprint density at radius 3 is 0.912 bits per heavy atom. The van der Waals surface area contributed by atoms with E-state index in [0.717, 1.165) is 116 Å². The van der Waals surface area contributed by atoms with Gasteiger partial charge in [-0.2, -0.15) is 0 Å². The van der Waals surface area contributed by atoms with Crippen molar-refractivity contribution in [3.05, 3.63) is 146 Å². The zero-order chi connectivity index (χ0) is 49.2. The molecule has 5 nitrogen and oxygen atoms in total. The minimum absolute atomic E-state index is 0.0947. The molecule has 68 heavy (non-hydrogen) atoms. The smallest absolute Gasteiger partial charge is 0.306 e. The molecule has 382 valence electrons. The van der Waals surface area contributed by atoms with Crippen molar-refractivity contribution in [3.8, 4) is 0 Å². The fourth-order valence-corrected chi connectivity index (χ4v) is 7.09. The minimum Gasteiger partial charge on any atom is -0.462 e. The highest BCUT2D eigenvalue weighted by atomic mass is 16.6. The van der Waals surface area contributed by atoms with E-state index in [-0.39, 0.29) is 25.2 Å². The predicted octanol–water partition coefficient (Wildman–Crippen LogP) is 18.6. The maximum atomic E-state index is 12.3. The van der Waals surface area contributed by atoms with E-state index in [9.17, 15) is 14.7 Å². The van der Waals surface area contributed by atoms with Gasteiger partial charge in [-0.15, -0.1) is 0 Å². The molecule has 1 N–H and O–H groups in total. The van der Waals surface area contributed by atoms with Crippen LogP contribution < -0.4 is 0 Å². The van der Waals surface area contributed by atoms with E-state index < -0.39 is 6.10 Å². The van der Waals surface area contributed by atoms with Gasteiger partial charge in [0.15, 0.2) is 6.10 Å². The molecule has 0 aromatic rings. The standard InChI is InChI=1S/C63H100O5/c1-3-5-7-9-11-13-15-17-19-20-21-22-23-24-25-26-27-28-29-30-31-32-33-34-35-36-37-38-39-40-41-42-44-46-48-50-52-54-56-58-63(66)68-61(59-64)60-67-62(65)57-55-53-51-49-47-45-43-18-16-14-12-10-8-6-4-2/h5-8,11-14,17-19,21-22,24-25,27-28,30-31,33-34,43,47,49,61,64H,3-4,9-10,15-16,20,23,26,29,32,35-42,44-46,48,50-60H2,1-2H3/b7-5-,8-6-,13-11-,14-12-,19-17-,22-21-,25-24-,28-27-,31-30-,34-33-,43-18-,49-47-. The Kier molecular flexibility index (Phi) is 53.6. The van der Waals surface area contributed by atoms with Crippen molar-refractivity contribution >= 4 is 11.9 Å². The van der Waals surface area contributed by atoms with E-state index in [1.807, 2.05) is 0 Å². The fraction of sp³-hybridized carbons (Fsp3) is 0.587. The summed E-state index contributed by atoms with van der Waals surface area (Å²) in [6.45, 7) is 3.86. The zero-order valence-corrected chi connectivity index (χ0v) is 43.6. The van der Waals surface area contributed by atoms with Gasteiger partial charge in [-0.1, -0.05) is 237 Å².